The number of nitrogens with one attached hydrogen (secondary N) is 1. The van der Waals surface area contributed by atoms with Crippen LogP contribution in [-0.4, -0.2) is 65.2 Å². The number of fused-ring (bicyclic) bond motifs is 1. The predicted octanol–water partition coefficient (Wildman–Crippen LogP) is 3.33. The SMILES string of the molecule is CC(Nc1nc(Cl)nc2c1ccn2[C@@H]1O[C@H](COP(=O)(O)CP(=O)(O)O)[C@@H](O)[C@@H]1F)c1cccc(F)c1. The summed E-state index contributed by atoms with van der Waals surface area (Å²) < 4.78 is 63.0. The molecule has 5 N–H and O–H groups in total. The van der Waals surface area contributed by atoms with E-state index in [0.29, 0.717) is 10.9 Å². The lowest BCUT2D eigenvalue weighted by Crippen LogP contribution is -2.31. The van der Waals surface area contributed by atoms with Crippen LogP contribution in [0, 0.1) is 5.82 Å². The first-order chi connectivity index (χ1) is 17.2. The zero-order valence-electron chi connectivity index (χ0n) is 19.1. The Morgan fingerprint density at radius 2 is 2.00 bits per heavy atom. The number of aromatic nitrogens is 3. The molecule has 0 amide bonds. The number of benzene rings is 1. The number of halogens is 3. The molecule has 3 aromatic rings. The molecule has 2 unspecified atom stereocenters. The van der Waals surface area contributed by atoms with E-state index in [4.69, 9.17) is 26.1 Å². The van der Waals surface area contributed by atoms with Gasteiger partial charge < -0.3 is 38.9 Å². The van der Waals surface area contributed by atoms with Gasteiger partial charge in [-0.2, -0.15) is 4.98 Å². The molecule has 2 aromatic heterocycles. The van der Waals surface area contributed by atoms with Crippen molar-refractivity contribution in [2.75, 3.05) is 17.8 Å². The summed E-state index contributed by atoms with van der Waals surface area (Å²) in [5.41, 5.74) is 0.779. The minimum Gasteiger partial charge on any atom is -0.387 e. The zero-order valence-corrected chi connectivity index (χ0v) is 21.6. The maximum absolute atomic E-state index is 15.0. The van der Waals surface area contributed by atoms with E-state index in [1.165, 1.54) is 22.9 Å². The highest BCUT2D eigenvalue weighted by Crippen LogP contribution is 2.55. The van der Waals surface area contributed by atoms with E-state index in [0.717, 1.165) is 0 Å². The summed E-state index contributed by atoms with van der Waals surface area (Å²) in [6.45, 7) is 0.970. The molecule has 0 aliphatic carbocycles. The van der Waals surface area contributed by atoms with Crippen molar-refractivity contribution in [2.24, 2.45) is 0 Å². The highest BCUT2D eigenvalue weighted by molar-refractivity contribution is 7.70. The fourth-order valence-corrected chi connectivity index (χ4v) is 6.65. The monoisotopic (exact) mass is 582 g/mol. The van der Waals surface area contributed by atoms with Crippen molar-refractivity contribution in [3.63, 3.8) is 0 Å². The molecule has 12 nitrogen and oxygen atoms in total. The van der Waals surface area contributed by atoms with Crippen LogP contribution in [0.2, 0.25) is 5.28 Å². The third-order valence-electron chi connectivity index (χ3n) is 5.62. The maximum Gasteiger partial charge on any atom is 0.340 e. The highest BCUT2D eigenvalue weighted by Gasteiger charge is 2.47. The first-order valence-corrected chi connectivity index (χ1v) is 14.7. The van der Waals surface area contributed by atoms with Crippen molar-refractivity contribution < 1.29 is 47.0 Å². The maximum atomic E-state index is 15.0. The topological polar surface area (TPSA) is 176 Å². The van der Waals surface area contributed by atoms with Gasteiger partial charge in [-0.1, -0.05) is 12.1 Å². The van der Waals surface area contributed by atoms with E-state index in [1.807, 2.05) is 0 Å². The molecule has 1 aliphatic rings. The molecule has 1 aliphatic heterocycles. The molecule has 0 saturated carbocycles. The average Bonchev–Trinajstić information content (AvgIpc) is 3.32. The molecular weight excluding hydrogens is 560 g/mol. The van der Waals surface area contributed by atoms with Gasteiger partial charge in [-0.15, -0.1) is 0 Å². The van der Waals surface area contributed by atoms with Crippen molar-refractivity contribution in [3.05, 3.63) is 53.2 Å². The number of anilines is 1. The molecule has 1 aromatic carbocycles. The van der Waals surface area contributed by atoms with Gasteiger partial charge in [0.1, 0.15) is 29.5 Å². The standard InChI is InChI=1S/C20H23ClF2N4O8P2/c1-10(11-3-2-4-12(22)7-11)24-17-13-5-6-27(18(13)26-20(21)25-17)19-15(23)16(28)14(35-19)8-34-37(32,33)9-36(29,30)31/h2-7,10,14-16,19,28H,8-9H2,1H3,(H,32,33)(H,24,25,26)(H2,29,30,31)/t10?,14-,15+,16-,19-/m1/s1. The van der Waals surface area contributed by atoms with Crippen LogP contribution in [0.4, 0.5) is 14.6 Å². The van der Waals surface area contributed by atoms with Crippen molar-refractivity contribution >= 4 is 43.6 Å². The van der Waals surface area contributed by atoms with Crippen LogP contribution in [0.15, 0.2) is 36.5 Å². The van der Waals surface area contributed by atoms with Gasteiger partial charge in [0, 0.05) is 6.20 Å². The quantitative estimate of drug-likeness (QED) is 0.185. The van der Waals surface area contributed by atoms with E-state index in [-0.39, 0.29) is 16.7 Å². The first kappa shape index (κ1) is 28.0. The van der Waals surface area contributed by atoms with Gasteiger partial charge in [0.15, 0.2) is 18.3 Å². The number of rotatable bonds is 9. The minimum absolute atomic E-state index is 0.143. The van der Waals surface area contributed by atoms with Crippen LogP contribution in [0.5, 0.6) is 0 Å². The summed E-state index contributed by atoms with van der Waals surface area (Å²) in [5.74, 6) is -1.57. The lowest BCUT2D eigenvalue weighted by atomic mass is 10.1. The second-order valence-corrected chi connectivity index (χ2v) is 12.8. The summed E-state index contributed by atoms with van der Waals surface area (Å²) in [5, 5.41) is 13.6. The van der Waals surface area contributed by atoms with Gasteiger partial charge in [-0.3, -0.25) is 9.13 Å². The zero-order chi connectivity index (χ0) is 27.1. The van der Waals surface area contributed by atoms with Crippen LogP contribution in [0.1, 0.15) is 24.8 Å². The number of ether oxygens (including phenoxy) is 1. The molecule has 37 heavy (non-hydrogen) atoms. The molecule has 1 saturated heterocycles. The summed E-state index contributed by atoms with van der Waals surface area (Å²) in [6.07, 6.45) is -5.27. The first-order valence-electron chi connectivity index (χ1n) is 10.8. The third kappa shape index (κ3) is 6.54. The van der Waals surface area contributed by atoms with Gasteiger partial charge in [0.05, 0.1) is 18.0 Å². The largest absolute Gasteiger partial charge is 0.387 e. The van der Waals surface area contributed by atoms with E-state index in [1.54, 1.807) is 25.1 Å². The summed E-state index contributed by atoms with van der Waals surface area (Å²) >= 11 is 6.10. The second-order valence-electron chi connectivity index (χ2n) is 8.46. The molecule has 0 radical (unpaired) electrons. The molecule has 0 bridgehead atoms. The Balaban J connectivity index is 1.55. The number of hydrogen-bond donors (Lipinski definition) is 5. The van der Waals surface area contributed by atoms with Gasteiger partial charge in [0.2, 0.25) is 5.28 Å². The van der Waals surface area contributed by atoms with Crippen molar-refractivity contribution in [2.45, 2.75) is 37.6 Å². The number of aliphatic hydroxyl groups excluding tert-OH is 1. The molecule has 6 atom stereocenters. The van der Waals surface area contributed by atoms with Crippen LogP contribution in [-0.2, 0) is 18.4 Å². The number of nitrogens with zero attached hydrogens (tertiary/aromatic N) is 3. The normalized spacial score (nSPS) is 24.8. The minimum atomic E-state index is -4.87. The molecule has 4 rings (SSSR count). The Bertz CT molecular complexity index is 1390. The smallest absolute Gasteiger partial charge is 0.340 e. The Hall–Kier alpha value is -1.99. The summed E-state index contributed by atoms with van der Waals surface area (Å²) in [6, 6.07) is 7.12. The van der Waals surface area contributed by atoms with Crippen LogP contribution >= 0.6 is 26.8 Å². The molecule has 1 fully saturated rings. The van der Waals surface area contributed by atoms with E-state index in [9.17, 15) is 23.5 Å². The third-order valence-corrected chi connectivity index (χ3v) is 9.24. The fraction of sp³-hybridized carbons (Fsp3) is 0.400. The Morgan fingerprint density at radius 3 is 2.68 bits per heavy atom. The molecule has 3 heterocycles. The van der Waals surface area contributed by atoms with E-state index >= 15 is 4.39 Å². The number of hydrogen-bond acceptors (Lipinski definition) is 8. The summed E-state index contributed by atoms with van der Waals surface area (Å²) in [4.78, 5) is 35.7. The molecular formula is C20H23ClF2N4O8P2. The van der Waals surface area contributed by atoms with E-state index in [2.05, 4.69) is 19.8 Å². The lowest BCUT2D eigenvalue weighted by Gasteiger charge is -2.19. The Kier molecular flexibility index (Phi) is 8.06. The van der Waals surface area contributed by atoms with Crippen LogP contribution < -0.4 is 5.32 Å². The number of alkyl halides is 1. The van der Waals surface area contributed by atoms with Crippen molar-refractivity contribution in [3.8, 4) is 0 Å². The van der Waals surface area contributed by atoms with Gasteiger partial charge in [0.25, 0.3) is 0 Å². The van der Waals surface area contributed by atoms with Gasteiger partial charge in [-0.05, 0) is 42.3 Å². The average molecular weight is 583 g/mol. The van der Waals surface area contributed by atoms with Gasteiger partial charge in [-0.25, -0.2) is 13.8 Å². The predicted molar refractivity (Wildman–Crippen MR) is 128 cm³/mol. The van der Waals surface area contributed by atoms with Gasteiger partial charge >= 0.3 is 15.2 Å². The second kappa shape index (κ2) is 10.6. The van der Waals surface area contributed by atoms with Crippen molar-refractivity contribution in [1.29, 1.82) is 0 Å². The highest BCUT2D eigenvalue weighted by atomic mass is 35.5. The van der Waals surface area contributed by atoms with Crippen LogP contribution in [0.3, 0.4) is 0 Å². The molecule has 0 spiro atoms. The molecule has 17 heteroatoms. The Labute approximate surface area is 213 Å². The van der Waals surface area contributed by atoms with Crippen LogP contribution in [0.25, 0.3) is 11.0 Å². The number of aliphatic hydroxyl groups is 1. The lowest BCUT2D eigenvalue weighted by molar-refractivity contribution is -0.0423. The summed E-state index contributed by atoms with van der Waals surface area (Å²) in [7, 11) is -9.61. The molecule has 202 valence electrons. The van der Waals surface area contributed by atoms with E-state index < -0.39 is 64.2 Å². The van der Waals surface area contributed by atoms with Crippen molar-refractivity contribution in [1.82, 2.24) is 14.5 Å². The fourth-order valence-electron chi connectivity index (χ4n) is 3.92. The Morgan fingerprint density at radius 1 is 1.27 bits per heavy atom.